The molecular weight excluding hydrogens is 385 g/mol. The van der Waals surface area contributed by atoms with E-state index in [-0.39, 0.29) is 22.9 Å². The molecule has 1 aromatic carbocycles. The third-order valence-electron chi connectivity index (χ3n) is 5.16. The molecule has 8 nitrogen and oxygen atoms in total. The number of aromatic hydroxyl groups is 1. The highest BCUT2D eigenvalue weighted by Crippen LogP contribution is 2.31. The summed E-state index contributed by atoms with van der Waals surface area (Å²) in [6.45, 7) is 8.76. The predicted octanol–water partition coefficient (Wildman–Crippen LogP) is 3.29. The van der Waals surface area contributed by atoms with Gasteiger partial charge in [-0.3, -0.25) is 0 Å². The molecule has 158 valence electrons. The van der Waals surface area contributed by atoms with E-state index in [0.717, 1.165) is 19.0 Å². The maximum absolute atomic E-state index is 13.2. The molecule has 3 heterocycles. The summed E-state index contributed by atoms with van der Waals surface area (Å²) < 4.78 is 14.5. The van der Waals surface area contributed by atoms with Gasteiger partial charge in [0.05, 0.1) is 24.3 Å². The second-order valence-corrected chi connectivity index (χ2v) is 9.11. The lowest BCUT2D eigenvalue weighted by molar-refractivity contribution is 0.170. The van der Waals surface area contributed by atoms with Crippen LogP contribution in [0.2, 0.25) is 0 Å². The van der Waals surface area contributed by atoms with Gasteiger partial charge in [-0.05, 0) is 52.7 Å². The molecule has 1 fully saturated rings. The molecule has 4 rings (SSSR count). The number of piperidine rings is 1. The highest BCUT2D eigenvalue weighted by Gasteiger charge is 2.37. The molecule has 0 aliphatic carbocycles. The number of nitrogens with one attached hydrogen (secondary N) is 2. The molecule has 3 aromatic rings. The van der Waals surface area contributed by atoms with Gasteiger partial charge in [-0.15, -0.1) is 10.2 Å². The van der Waals surface area contributed by atoms with Crippen molar-refractivity contribution in [1.29, 1.82) is 0 Å². The molecule has 1 aliphatic rings. The zero-order valence-electron chi connectivity index (χ0n) is 17.5. The van der Waals surface area contributed by atoms with E-state index in [2.05, 4.69) is 58.6 Å². The largest absolute Gasteiger partial charge is 0.507 e. The first kappa shape index (κ1) is 20.2. The number of phenolic OH excluding ortho intramolecular Hbond substituents is 1. The van der Waals surface area contributed by atoms with Crippen LogP contribution >= 0.6 is 0 Å². The van der Waals surface area contributed by atoms with Gasteiger partial charge in [0.15, 0.2) is 5.82 Å². The quantitative estimate of drug-likeness (QED) is 0.606. The minimum atomic E-state index is -0.447. The number of nitrogens with zero attached hydrogens (tertiary/aromatic N) is 5. The summed E-state index contributed by atoms with van der Waals surface area (Å²) in [5.74, 6) is -0.000286. The third kappa shape index (κ3) is 4.40. The first-order valence-electron chi connectivity index (χ1n) is 9.90. The van der Waals surface area contributed by atoms with Crippen molar-refractivity contribution < 1.29 is 9.50 Å². The maximum Gasteiger partial charge on any atom is 0.242 e. The number of hydrogen-bond donors (Lipinski definition) is 3. The van der Waals surface area contributed by atoms with E-state index >= 15 is 0 Å². The Hall–Kier alpha value is -3.07. The highest BCUT2D eigenvalue weighted by atomic mass is 19.1. The van der Waals surface area contributed by atoms with E-state index in [1.54, 1.807) is 18.3 Å². The molecule has 1 saturated heterocycles. The highest BCUT2D eigenvalue weighted by molar-refractivity contribution is 5.68. The third-order valence-corrected chi connectivity index (χ3v) is 5.16. The summed E-state index contributed by atoms with van der Waals surface area (Å²) in [4.78, 5) is 4.39. The molecule has 9 heteroatoms. The van der Waals surface area contributed by atoms with E-state index < -0.39 is 5.82 Å². The van der Waals surface area contributed by atoms with Gasteiger partial charge in [0.25, 0.3) is 0 Å². The Kier molecular flexibility index (Phi) is 4.93. The van der Waals surface area contributed by atoms with Crippen molar-refractivity contribution in [2.45, 2.75) is 57.7 Å². The van der Waals surface area contributed by atoms with Crippen molar-refractivity contribution in [2.24, 2.45) is 0 Å². The Labute approximate surface area is 174 Å². The number of hydrogen-bond acceptors (Lipinski definition) is 7. The lowest BCUT2D eigenvalue weighted by atomic mass is 9.80. The van der Waals surface area contributed by atoms with Crippen molar-refractivity contribution in [3.05, 3.63) is 42.6 Å². The normalized spacial score (nSPS) is 18.3. The summed E-state index contributed by atoms with van der Waals surface area (Å²) in [5, 5.41) is 29.8. The zero-order chi connectivity index (χ0) is 21.5. The average Bonchev–Trinajstić information content (AvgIpc) is 3.06. The predicted molar refractivity (Wildman–Crippen MR) is 112 cm³/mol. The molecule has 0 saturated carbocycles. The standard InChI is InChI=1S/C21H26FN7O/c1-20(2)8-14(9-21(3,4)28-20)25-19-23-11-17(26-27-19)16-6-5-15(7-18(16)30)29-12-13(22)10-24-29/h5-7,10-12,14,28,30H,8-9H2,1-4H3,(H,23,25,27). The Bertz CT molecular complexity index is 1030. The molecule has 0 bridgehead atoms. The van der Waals surface area contributed by atoms with Crippen LogP contribution in [0.1, 0.15) is 40.5 Å². The van der Waals surface area contributed by atoms with Crippen LogP contribution in [0.15, 0.2) is 36.8 Å². The smallest absolute Gasteiger partial charge is 0.242 e. The van der Waals surface area contributed by atoms with E-state index in [9.17, 15) is 9.50 Å². The molecule has 0 radical (unpaired) electrons. The Balaban J connectivity index is 1.50. The molecular formula is C21H26FN7O. The van der Waals surface area contributed by atoms with Crippen molar-refractivity contribution in [2.75, 3.05) is 5.32 Å². The van der Waals surface area contributed by atoms with Crippen molar-refractivity contribution in [1.82, 2.24) is 30.3 Å². The number of rotatable bonds is 4. The van der Waals surface area contributed by atoms with Gasteiger partial charge in [-0.25, -0.2) is 14.1 Å². The number of benzene rings is 1. The first-order chi connectivity index (χ1) is 14.1. The molecule has 30 heavy (non-hydrogen) atoms. The van der Waals surface area contributed by atoms with Crippen LogP contribution in [0, 0.1) is 5.82 Å². The summed E-state index contributed by atoms with van der Waals surface area (Å²) in [7, 11) is 0. The average molecular weight is 411 g/mol. The molecule has 0 spiro atoms. The molecule has 0 unspecified atom stereocenters. The number of halogens is 1. The Morgan fingerprint density at radius 1 is 1.13 bits per heavy atom. The lowest BCUT2D eigenvalue weighted by Gasteiger charge is -2.46. The fourth-order valence-corrected chi connectivity index (χ4v) is 4.39. The Morgan fingerprint density at radius 3 is 2.43 bits per heavy atom. The number of phenols is 1. The van der Waals surface area contributed by atoms with Gasteiger partial charge >= 0.3 is 0 Å². The van der Waals surface area contributed by atoms with Crippen molar-refractivity contribution in [3.63, 3.8) is 0 Å². The van der Waals surface area contributed by atoms with E-state index in [1.165, 1.54) is 16.9 Å². The Morgan fingerprint density at radius 2 is 1.87 bits per heavy atom. The van der Waals surface area contributed by atoms with Crippen LogP contribution in [0.4, 0.5) is 10.3 Å². The summed E-state index contributed by atoms with van der Waals surface area (Å²) in [5.41, 5.74) is 1.50. The van der Waals surface area contributed by atoms with Crippen LogP contribution in [-0.4, -0.2) is 47.2 Å². The van der Waals surface area contributed by atoms with Gasteiger partial charge in [-0.2, -0.15) is 5.10 Å². The van der Waals surface area contributed by atoms with Crippen LogP contribution in [0.5, 0.6) is 5.75 Å². The fourth-order valence-electron chi connectivity index (χ4n) is 4.39. The van der Waals surface area contributed by atoms with E-state index in [1.807, 2.05) is 0 Å². The van der Waals surface area contributed by atoms with Crippen molar-refractivity contribution in [3.8, 4) is 22.7 Å². The maximum atomic E-state index is 13.2. The zero-order valence-corrected chi connectivity index (χ0v) is 17.5. The lowest BCUT2D eigenvalue weighted by Crippen LogP contribution is -2.60. The minimum Gasteiger partial charge on any atom is -0.507 e. The van der Waals surface area contributed by atoms with Gasteiger partial charge in [0.1, 0.15) is 11.4 Å². The monoisotopic (exact) mass is 411 g/mol. The van der Waals surface area contributed by atoms with E-state index in [4.69, 9.17) is 0 Å². The van der Waals surface area contributed by atoms with Gasteiger partial charge in [0, 0.05) is 28.7 Å². The minimum absolute atomic E-state index is 0.0117. The van der Waals surface area contributed by atoms with E-state index in [0.29, 0.717) is 22.9 Å². The van der Waals surface area contributed by atoms with Crippen LogP contribution in [-0.2, 0) is 0 Å². The fraction of sp³-hybridized carbons (Fsp3) is 0.429. The van der Waals surface area contributed by atoms with Crippen LogP contribution in [0.25, 0.3) is 16.9 Å². The first-order valence-corrected chi connectivity index (χ1v) is 9.90. The van der Waals surface area contributed by atoms with Gasteiger partial charge < -0.3 is 15.7 Å². The molecule has 1 aliphatic heterocycles. The second-order valence-electron chi connectivity index (χ2n) is 9.11. The van der Waals surface area contributed by atoms with Crippen LogP contribution in [0.3, 0.4) is 0 Å². The number of aromatic nitrogens is 5. The molecule has 3 N–H and O–H groups in total. The molecule has 2 aromatic heterocycles. The van der Waals surface area contributed by atoms with Crippen molar-refractivity contribution >= 4 is 5.95 Å². The number of anilines is 1. The summed E-state index contributed by atoms with van der Waals surface area (Å²) in [6, 6.07) is 5.12. The SMILES string of the molecule is CC1(C)CC(Nc2ncc(-c3ccc(-n4cc(F)cn4)cc3O)nn2)CC(C)(C)N1. The second kappa shape index (κ2) is 7.32. The summed E-state index contributed by atoms with van der Waals surface area (Å²) in [6.07, 6.45) is 5.81. The summed E-state index contributed by atoms with van der Waals surface area (Å²) >= 11 is 0. The van der Waals surface area contributed by atoms with Gasteiger partial charge in [0.2, 0.25) is 5.95 Å². The topological polar surface area (TPSA) is 101 Å². The molecule has 0 amide bonds. The van der Waals surface area contributed by atoms with Crippen LogP contribution < -0.4 is 10.6 Å². The molecule has 0 atom stereocenters. The van der Waals surface area contributed by atoms with Gasteiger partial charge in [-0.1, -0.05) is 0 Å².